The summed E-state index contributed by atoms with van der Waals surface area (Å²) in [6.07, 6.45) is 1.92. The third-order valence-corrected chi connectivity index (χ3v) is 6.01. The fraction of sp³-hybridized carbons (Fsp3) is 0.182. The third kappa shape index (κ3) is 4.91. The van der Waals surface area contributed by atoms with Crippen LogP contribution in [-0.4, -0.2) is 28.1 Å². The summed E-state index contributed by atoms with van der Waals surface area (Å²) in [7, 11) is 0. The zero-order valence-corrected chi connectivity index (χ0v) is 15.2. The van der Waals surface area contributed by atoms with Gasteiger partial charge in [-0.1, -0.05) is 69.7 Å². The van der Waals surface area contributed by atoms with Gasteiger partial charge in [-0.15, -0.1) is 10.2 Å². The molecule has 0 atom stereocenters. The lowest BCUT2D eigenvalue weighted by Gasteiger charge is -2.09. The average Bonchev–Trinajstić information content (AvgIpc) is 2.88. The molecule has 4 nitrogen and oxygen atoms in total. The Morgan fingerprint density at radius 2 is 1.86 bits per heavy atom. The number of carbonyl (C=O) groups excluding carboxylic acids is 1. The Morgan fingerprint density at radius 1 is 1.24 bits per heavy atom. The Hall–Kier alpha value is -0.180. The molecule has 1 N–H and O–H groups in total. The largest absolute Gasteiger partial charge is 0.323 e. The number of hydrogen-bond donors (Lipinski definition) is 1. The number of anilines is 1. The summed E-state index contributed by atoms with van der Waals surface area (Å²) >= 11 is 22.1. The number of thioether (sulfide) groups is 2. The smallest absolute Gasteiger partial charge is 0.234 e. The van der Waals surface area contributed by atoms with Crippen molar-refractivity contribution in [1.29, 1.82) is 0 Å². The maximum absolute atomic E-state index is 11.9. The number of amides is 1. The molecule has 1 aromatic carbocycles. The molecule has 0 bridgehead atoms. The van der Waals surface area contributed by atoms with Crippen molar-refractivity contribution in [2.45, 2.75) is 8.68 Å². The van der Waals surface area contributed by atoms with E-state index in [-0.39, 0.29) is 11.7 Å². The average molecular weight is 401 g/mol. The molecule has 21 heavy (non-hydrogen) atoms. The van der Waals surface area contributed by atoms with Crippen molar-refractivity contribution in [3.05, 3.63) is 27.2 Å². The Labute approximate surface area is 148 Å². The van der Waals surface area contributed by atoms with Gasteiger partial charge in [0, 0.05) is 5.02 Å². The topological polar surface area (TPSA) is 54.9 Å². The summed E-state index contributed by atoms with van der Waals surface area (Å²) in [4.78, 5) is 11.9. The number of hydrogen-bond acceptors (Lipinski definition) is 6. The molecule has 0 saturated heterocycles. The van der Waals surface area contributed by atoms with Crippen molar-refractivity contribution in [3.63, 3.8) is 0 Å². The van der Waals surface area contributed by atoms with Crippen LogP contribution >= 0.6 is 69.7 Å². The van der Waals surface area contributed by atoms with Gasteiger partial charge >= 0.3 is 0 Å². The van der Waals surface area contributed by atoms with Crippen molar-refractivity contribution in [3.8, 4) is 0 Å². The zero-order valence-electron chi connectivity index (χ0n) is 10.5. The fourth-order valence-corrected chi connectivity index (χ4v) is 4.45. The predicted octanol–water partition coefficient (Wildman–Crippen LogP) is 4.95. The molecular formula is C11H8Cl3N3OS3. The summed E-state index contributed by atoms with van der Waals surface area (Å²) in [6.45, 7) is 0. The van der Waals surface area contributed by atoms with Gasteiger partial charge < -0.3 is 5.32 Å². The van der Waals surface area contributed by atoms with Crippen LogP contribution in [0.3, 0.4) is 0 Å². The molecular weight excluding hydrogens is 393 g/mol. The Morgan fingerprint density at radius 3 is 2.43 bits per heavy atom. The summed E-state index contributed by atoms with van der Waals surface area (Å²) in [6, 6.07) is 3.04. The van der Waals surface area contributed by atoms with Crippen LogP contribution in [-0.2, 0) is 4.79 Å². The normalized spacial score (nSPS) is 10.7. The number of benzene rings is 1. The number of aromatic nitrogens is 2. The van der Waals surface area contributed by atoms with E-state index in [9.17, 15) is 4.79 Å². The molecule has 1 heterocycles. The van der Waals surface area contributed by atoms with Crippen LogP contribution in [0.25, 0.3) is 0 Å². The molecule has 0 aliphatic rings. The second-order valence-electron chi connectivity index (χ2n) is 3.62. The lowest BCUT2D eigenvalue weighted by atomic mass is 10.3. The van der Waals surface area contributed by atoms with E-state index < -0.39 is 0 Å². The molecule has 10 heteroatoms. The summed E-state index contributed by atoms with van der Waals surface area (Å²) in [5, 5.41) is 11.6. The molecule has 1 aromatic heterocycles. The van der Waals surface area contributed by atoms with E-state index in [1.54, 1.807) is 0 Å². The number of halogens is 3. The number of nitrogens with zero attached hydrogens (tertiary/aromatic N) is 2. The molecule has 0 aliphatic carbocycles. The van der Waals surface area contributed by atoms with Crippen LogP contribution in [0.4, 0.5) is 5.69 Å². The molecule has 2 rings (SSSR count). The van der Waals surface area contributed by atoms with Crippen molar-refractivity contribution < 1.29 is 4.79 Å². The second-order valence-corrected chi connectivity index (χ2v) is 8.12. The van der Waals surface area contributed by atoms with Gasteiger partial charge in [0.2, 0.25) is 5.91 Å². The quantitative estimate of drug-likeness (QED) is 0.720. The van der Waals surface area contributed by atoms with Crippen molar-refractivity contribution >= 4 is 81.3 Å². The molecule has 0 fully saturated rings. The maximum atomic E-state index is 11.9. The molecule has 0 spiro atoms. The highest BCUT2D eigenvalue weighted by atomic mass is 35.5. The predicted molar refractivity (Wildman–Crippen MR) is 92.5 cm³/mol. The SMILES string of the molecule is CSc1nnc(SCC(=O)Nc2c(Cl)cc(Cl)cc2Cl)s1. The van der Waals surface area contributed by atoms with Crippen LogP contribution in [0, 0.1) is 0 Å². The highest BCUT2D eigenvalue weighted by Gasteiger charge is 2.13. The van der Waals surface area contributed by atoms with Crippen LogP contribution < -0.4 is 5.32 Å². The van der Waals surface area contributed by atoms with E-state index >= 15 is 0 Å². The van der Waals surface area contributed by atoms with Gasteiger partial charge in [0.15, 0.2) is 8.68 Å². The summed E-state index contributed by atoms with van der Waals surface area (Å²) < 4.78 is 1.60. The van der Waals surface area contributed by atoms with E-state index in [0.29, 0.717) is 20.8 Å². The number of nitrogens with one attached hydrogen (secondary N) is 1. The van der Waals surface area contributed by atoms with Gasteiger partial charge in [-0.05, 0) is 18.4 Å². The first-order valence-electron chi connectivity index (χ1n) is 5.44. The molecule has 1 amide bonds. The van der Waals surface area contributed by atoms with E-state index in [4.69, 9.17) is 34.8 Å². The van der Waals surface area contributed by atoms with Gasteiger partial charge in [0.25, 0.3) is 0 Å². The molecule has 0 radical (unpaired) electrons. The van der Waals surface area contributed by atoms with Gasteiger partial charge in [0.05, 0.1) is 21.5 Å². The van der Waals surface area contributed by atoms with Crippen molar-refractivity contribution in [1.82, 2.24) is 10.2 Å². The lowest BCUT2D eigenvalue weighted by Crippen LogP contribution is -2.14. The monoisotopic (exact) mass is 399 g/mol. The van der Waals surface area contributed by atoms with E-state index in [1.807, 2.05) is 6.26 Å². The molecule has 0 saturated carbocycles. The molecule has 2 aromatic rings. The minimum Gasteiger partial charge on any atom is -0.323 e. The van der Waals surface area contributed by atoms with Crippen LogP contribution in [0.15, 0.2) is 20.8 Å². The molecule has 112 valence electrons. The summed E-state index contributed by atoms with van der Waals surface area (Å²) in [5.41, 5.74) is 0.357. The Balaban J connectivity index is 1.96. The Bertz CT molecular complexity index is 642. The number of rotatable bonds is 5. The van der Waals surface area contributed by atoms with E-state index in [1.165, 1.54) is 47.0 Å². The van der Waals surface area contributed by atoms with Crippen LogP contribution in [0.1, 0.15) is 0 Å². The minimum atomic E-state index is -0.230. The first-order valence-corrected chi connectivity index (χ1v) is 9.60. The van der Waals surface area contributed by atoms with Gasteiger partial charge in [-0.25, -0.2) is 0 Å². The first kappa shape index (κ1) is 17.2. The van der Waals surface area contributed by atoms with Crippen LogP contribution in [0.5, 0.6) is 0 Å². The van der Waals surface area contributed by atoms with Gasteiger partial charge in [-0.2, -0.15) is 0 Å². The summed E-state index contributed by atoms with van der Waals surface area (Å²) in [5.74, 6) is -0.0369. The molecule has 0 aliphatic heterocycles. The maximum Gasteiger partial charge on any atom is 0.234 e. The molecule has 0 unspecified atom stereocenters. The van der Waals surface area contributed by atoms with Crippen LogP contribution in [0.2, 0.25) is 15.1 Å². The first-order chi connectivity index (χ1) is 9.99. The third-order valence-electron chi connectivity index (χ3n) is 2.16. The Kier molecular flexibility index (Phi) is 6.46. The highest BCUT2D eigenvalue weighted by molar-refractivity contribution is 8.03. The fourth-order valence-electron chi connectivity index (χ4n) is 1.30. The lowest BCUT2D eigenvalue weighted by molar-refractivity contribution is -0.113. The minimum absolute atomic E-state index is 0.193. The van der Waals surface area contributed by atoms with Gasteiger partial charge in [-0.3, -0.25) is 4.79 Å². The van der Waals surface area contributed by atoms with E-state index in [2.05, 4.69) is 15.5 Å². The standard InChI is InChI=1S/C11H8Cl3N3OS3/c1-19-10-16-17-11(21-10)20-4-8(18)15-9-6(13)2-5(12)3-7(9)14/h2-3H,4H2,1H3,(H,15,18). The van der Waals surface area contributed by atoms with E-state index in [0.717, 1.165) is 8.68 Å². The zero-order chi connectivity index (χ0) is 15.4. The highest BCUT2D eigenvalue weighted by Crippen LogP contribution is 2.34. The number of carbonyl (C=O) groups is 1. The van der Waals surface area contributed by atoms with Crippen molar-refractivity contribution in [2.24, 2.45) is 0 Å². The van der Waals surface area contributed by atoms with Crippen molar-refractivity contribution in [2.75, 3.05) is 17.3 Å². The second kappa shape index (κ2) is 7.89. The van der Waals surface area contributed by atoms with Gasteiger partial charge in [0.1, 0.15) is 0 Å².